The van der Waals surface area contributed by atoms with Crippen molar-refractivity contribution in [3.05, 3.63) is 80.3 Å². The Balaban J connectivity index is 1.90. The van der Waals surface area contributed by atoms with Crippen molar-refractivity contribution in [1.82, 2.24) is 9.88 Å². The summed E-state index contributed by atoms with van der Waals surface area (Å²) < 4.78 is 5.18. The first-order valence-corrected chi connectivity index (χ1v) is 10.5. The van der Waals surface area contributed by atoms with Crippen molar-refractivity contribution in [1.29, 1.82) is 0 Å². The molecule has 0 radical (unpaired) electrons. The van der Waals surface area contributed by atoms with E-state index in [-0.39, 0.29) is 11.9 Å². The molecule has 152 valence electrons. The molecule has 0 aliphatic carbocycles. The Hall–Kier alpha value is -2.86. The van der Waals surface area contributed by atoms with Crippen LogP contribution in [0.15, 0.2) is 41.8 Å². The Morgan fingerprint density at radius 1 is 1.07 bits per heavy atom. The van der Waals surface area contributed by atoms with Crippen molar-refractivity contribution in [2.24, 2.45) is 0 Å². The number of H-pyrrole nitrogens is 1. The lowest BCUT2D eigenvalue weighted by Crippen LogP contribution is -2.30. The summed E-state index contributed by atoms with van der Waals surface area (Å²) >= 11 is 1.43. The normalized spacial score (nSPS) is 10.8. The van der Waals surface area contributed by atoms with E-state index in [9.17, 15) is 9.59 Å². The molecule has 1 amide bonds. The van der Waals surface area contributed by atoms with Crippen LogP contribution in [0.2, 0.25) is 0 Å². The largest absolute Gasteiger partial charge is 0.462 e. The second kappa shape index (κ2) is 9.09. The number of aryl methyl sites for hydroxylation is 2. The van der Waals surface area contributed by atoms with Crippen LogP contribution < -0.4 is 0 Å². The van der Waals surface area contributed by atoms with E-state index < -0.39 is 0 Å². The Morgan fingerprint density at radius 3 is 2.41 bits per heavy atom. The molecule has 0 atom stereocenters. The zero-order valence-corrected chi connectivity index (χ0v) is 18.1. The maximum Gasteiger partial charge on any atom is 0.340 e. The van der Waals surface area contributed by atoms with E-state index in [1.54, 1.807) is 6.92 Å². The van der Waals surface area contributed by atoms with Crippen LogP contribution in [0.4, 0.5) is 0 Å². The third kappa shape index (κ3) is 4.77. The minimum Gasteiger partial charge on any atom is -0.462 e. The lowest BCUT2D eigenvalue weighted by atomic mass is 10.1. The number of thiophene rings is 1. The van der Waals surface area contributed by atoms with Gasteiger partial charge in [0.1, 0.15) is 0 Å². The maximum atomic E-state index is 13.2. The number of rotatable bonds is 7. The highest BCUT2D eigenvalue weighted by atomic mass is 32.1. The Labute approximate surface area is 175 Å². The third-order valence-corrected chi connectivity index (χ3v) is 5.74. The summed E-state index contributed by atoms with van der Waals surface area (Å²) in [6.07, 6.45) is 0. The summed E-state index contributed by atoms with van der Waals surface area (Å²) in [5, 5.41) is 1.90. The van der Waals surface area contributed by atoms with Gasteiger partial charge in [-0.2, -0.15) is 0 Å². The second-order valence-corrected chi connectivity index (χ2v) is 8.02. The number of hydrogen-bond donors (Lipinski definition) is 1. The van der Waals surface area contributed by atoms with Crippen molar-refractivity contribution in [3.63, 3.8) is 0 Å². The molecule has 0 unspecified atom stereocenters. The first-order valence-electron chi connectivity index (χ1n) is 9.64. The van der Waals surface area contributed by atoms with Crippen molar-refractivity contribution < 1.29 is 14.3 Å². The molecule has 2 heterocycles. The van der Waals surface area contributed by atoms with Gasteiger partial charge in [-0.1, -0.05) is 35.9 Å². The van der Waals surface area contributed by atoms with Crippen LogP contribution >= 0.6 is 11.3 Å². The van der Waals surface area contributed by atoms with Crippen LogP contribution in [0.25, 0.3) is 0 Å². The molecular weight excluding hydrogens is 384 g/mol. The lowest BCUT2D eigenvalue weighted by molar-refractivity contribution is 0.0525. The van der Waals surface area contributed by atoms with Crippen molar-refractivity contribution >= 4 is 23.2 Å². The van der Waals surface area contributed by atoms with Gasteiger partial charge in [0.25, 0.3) is 5.91 Å². The fraction of sp³-hybridized carbons (Fsp3) is 0.304. The summed E-state index contributed by atoms with van der Waals surface area (Å²) in [6.45, 7) is 8.78. The quantitative estimate of drug-likeness (QED) is 0.556. The van der Waals surface area contributed by atoms with Crippen LogP contribution in [0.3, 0.4) is 0 Å². The molecule has 0 bridgehead atoms. The molecule has 3 aromatic rings. The summed E-state index contributed by atoms with van der Waals surface area (Å²) in [4.78, 5) is 31.3. The average molecular weight is 411 g/mol. The minimum atomic E-state index is -0.334. The third-order valence-electron chi connectivity index (χ3n) is 4.88. The molecule has 1 aromatic carbocycles. The number of aromatic amines is 1. The van der Waals surface area contributed by atoms with Gasteiger partial charge in [0.15, 0.2) is 0 Å². The highest BCUT2D eigenvalue weighted by Crippen LogP contribution is 2.23. The summed E-state index contributed by atoms with van der Waals surface area (Å²) in [7, 11) is 0. The number of aromatic nitrogens is 1. The number of carbonyl (C=O) groups is 2. The summed E-state index contributed by atoms with van der Waals surface area (Å²) in [5.74, 6) is -0.357. The van der Waals surface area contributed by atoms with Crippen molar-refractivity contribution in [2.75, 3.05) is 6.61 Å². The molecule has 1 N–H and O–H groups in total. The monoisotopic (exact) mass is 410 g/mol. The highest BCUT2D eigenvalue weighted by Gasteiger charge is 2.23. The van der Waals surface area contributed by atoms with Gasteiger partial charge < -0.3 is 14.6 Å². The Kier molecular flexibility index (Phi) is 6.54. The van der Waals surface area contributed by atoms with Crippen LogP contribution in [0, 0.1) is 20.8 Å². The number of ether oxygens (including phenoxy) is 1. The molecule has 3 rings (SSSR count). The van der Waals surface area contributed by atoms with Gasteiger partial charge in [-0.25, -0.2) is 4.79 Å². The standard InChI is InChI=1S/C23H26N2O3S/c1-5-28-23(27)21-16(3)19(24-17(21)4)14-25(22(26)20-7-6-12-29-20)13-18-10-8-15(2)9-11-18/h6-12,24H,5,13-14H2,1-4H3. The van der Waals surface area contributed by atoms with Gasteiger partial charge in [0.05, 0.1) is 23.6 Å². The molecule has 0 spiro atoms. The van der Waals surface area contributed by atoms with E-state index in [4.69, 9.17) is 4.74 Å². The number of nitrogens with zero attached hydrogens (tertiary/aromatic N) is 1. The van der Waals surface area contributed by atoms with E-state index in [1.807, 2.05) is 67.4 Å². The molecule has 29 heavy (non-hydrogen) atoms. The molecular formula is C23H26N2O3S. The summed E-state index contributed by atoms with van der Waals surface area (Å²) in [6, 6.07) is 11.9. The average Bonchev–Trinajstić information content (AvgIpc) is 3.31. The first kappa shape index (κ1) is 20.9. The van der Waals surface area contributed by atoms with Crippen molar-refractivity contribution in [2.45, 2.75) is 40.8 Å². The predicted octanol–water partition coefficient (Wildman–Crippen LogP) is 5.02. The second-order valence-electron chi connectivity index (χ2n) is 7.07. The predicted molar refractivity (Wildman–Crippen MR) is 115 cm³/mol. The molecule has 0 saturated carbocycles. The number of carbonyl (C=O) groups excluding carboxylic acids is 2. The number of benzene rings is 1. The molecule has 0 aliphatic rings. The molecule has 5 nitrogen and oxygen atoms in total. The van der Waals surface area contributed by atoms with Gasteiger partial charge in [-0.3, -0.25) is 4.79 Å². The topological polar surface area (TPSA) is 62.4 Å². The van der Waals surface area contributed by atoms with E-state index in [2.05, 4.69) is 4.98 Å². The molecule has 0 aliphatic heterocycles. The SMILES string of the molecule is CCOC(=O)c1c(C)[nH]c(CN(Cc2ccc(C)cc2)C(=O)c2cccs2)c1C. The van der Waals surface area contributed by atoms with Gasteiger partial charge in [0.2, 0.25) is 0 Å². The smallest absolute Gasteiger partial charge is 0.340 e. The number of nitrogens with one attached hydrogen (secondary N) is 1. The van der Waals surface area contributed by atoms with Crippen LogP contribution in [-0.4, -0.2) is 28.4 Å². The number of esters is 1. The van der Waals surface area contributed by atoms with Crippen molar-refractivity contribution in [3.8, 4) is 0 Å². The molecule has 0 saturated heterocycles. The fourth-order valence-electron chi connectivity index (χ4n) is 3.34. The van der Waals surface area contributed by atoms with E-state index in [0.717, 1.165) is 22.5 Å². The van der Waals surface area contributed by atoms with Crippen LogP contribution in [-0.2, 0) is 17.8 Å². The van der Waals surface area contributed by atoms with Gasteiger partial charge >= 0.3 is 5.97 Å². The lowest BCUT2D eigenvalue weighted by Gasteiger charge is -2.22. The molecule has 2 aromatic heterocycles. The van der Waals surface area contributed by atoms with E-state index in [0.29, 0.717) is 30.1 Å². The molecule has 6 heteroatoms. The molecule has 0 fully saturated rings. The number of hydrogen-bond acceptors (Lipinski definition) is 4. The minimum absolute atomic E-state index is 0.0232. The van der Waals surface area contributed by atoms with Crippen LogP contribution in [0.1, 0.15) is 55.0 Å². The zero-order chi connectivity index (χ0) is 21.0. The fourth-order valence-corrected chi connectivity index (χ4v) is 4.03. The highest BCUT2D eigenvalue weighted by molar-refractivity contribution is 7.12. The van der Waals surface area contributed by atoms with E-state index >= 15 is 0 Å². The first-order chi connectivity index (χ1) is 13.9. The van der Waals surface area contributed by atoms with Crippen LogP contribution in [0.5, 0.6) is 0 Å². The van der Waals surface area contributed by atoms with E-state index in [1.165, 1.54) is 16.9 Å². The Bertz CT molecular complexity index is 988. The Morgan fingerprint density at radius 2 is 1.79 bits per heavy atom. The van der Waals surface area contributed by atoms with Gasteiger partial charge in [-0.05, 0) is 50.3 Å². The summed E-state index contributed by atoms with van der Waals surface area (Å²) in [5.41, 5.74) is 5.23. The maximum absolute atomic E-state index is 13.2. The van der Waals surface area contributed by atoms with Gasteiger partial charge in [-0.15, -0.1) is 11.3 Å². The van der Waals surface area contributed by atoms with Gasteiger partial charge in [0, 0.05) is 17.9 Å². The number of amides is 1. The zero-order valence-electron chi connectivity index (χ0n) is 17.2.